The van der Waals surface area contributed by atoms with E-state index in [4.69, 9.17) is 5.39 Å². The molecule has 0 bridgehead atoms. The first kappa shape index (κ1) is 21.0. The van der Waals surface area contributed by atoms with Gasteiger partial charge in [-0.05, 0) is 26.0 Å². The van der Waals surface area contributed by atoms with E-state index in [-0.39, 0.29) is 44.3 Å². The third kappa shape index (κ3) is 5.65. The SMILES string of the molecule is CCN(CC)c1ccc([N+]#N)cc1.[Cl-].[Cl-].[Zn+]. The van der Waals surface area contributed by atoms with Gasteiger partial charge < -0.3 is 29.7 Å². The van der Waals surface area contributed by atoms with E-state index in [2.05, 4.69) is 23.7 Å². The Kier molecular flexibility index (Phi) is 14.6. The minimum Gasteiger partial charge on any atom is -1.00 e. The Labute approximate surface area is 122 Å². The molecule has 0 spiro atoms. The van der Waals surface area contributed by atoms with Crippen LogP contribution in [0.25, 0.3) is 4.98 Å². The van der Waals surface area contributed by atoms with Crippen LogP contribution < -0.4 is 29.7 Å². The van der Waals surface area contributed by atoms with Gasteiger partial charge in [0, 0.05) is 30.9 Å². The minimum atomic E-state index is 0. The van der Waals surface area contributed by atoms with Crippen LogP contribution in [0.3, 0.4) is 0 Å². The first-order valence-corrected chi connectivity index (χ1v) is 4.52. The van der Waals surface area contributed by atoms with Gasteiger partial charge in [0.05, 0.1) is 0 Å². The zero-order valence-corrected chi connectivity index (χ0v) is 14.0. The van der Waals surface area contributed by atoms with Crippen molar-refractivity contribution in [2.75, 3.05) is 18.0 Å². The third-order valence-corrected chi connectivity index (χ3v) is 2.09. The number of benzene rings is 1. The van der Waals surface area contributed by atoms with E-state index in [1.165, 1.54) is 0 Å². The van der Waals surface area contributed by atoms with E-state index in [1.54, 1.807) is 12.1 Å². The summed E-state index contributed by atoms with van der Waals surface area (Å²) < 4.78 is 0. The van der Waals surface area contributed by atoms with E-state index in [0.29, 0.717) is 5.69 Å². The summed E-state index contributed by atoms with van der Waals surface area (Å²) in [6, 6.07) is 7.52. The molecule has 0 aliphatic heterocycles. The number of hydrogen-bond donors (Lipinski definition) is 0. The molecule has 0 atom stereocenters. The predicted octanol–water partition coefficient (Wildman–Crippen LogP) is -2.98. The van der Waals surface area contributed by atoms with Crippen LogP contribution in [0, 0.1) is 5.39 Å². The molecule has 0 aliphatic rings. The van der Waals surface area contributed by atoms with Gasteiger partial charge in [-0.1, -0.05) is 0 Å². The summed E-state index contributed by atoms with van der Waals surface area (Å²) in [5.74, 6) is 0. The fourth-order valence-electron chi connectivity index (χ4n) is 1.32. The monoisotopic (exact) mass is 310 g/mol. The smallest absolute Gasteiger partial charge is 1.00 e. The fourth-order valence-corrected chi connectivity index (χ4v) is 1.32. The first-order chi connectivity index (χ1) is 6.31. The zero-order chi connectivity index (χ0) is 9.68. The summed E-state index contributed by atoms with van der Waals surface area (Å²) in [6.07, 6.45) is 0. The molecule has 0 aliphatic carbocycles. The third-order valence-electron chi connectivity index (χ3n) is 2.09. The summed E-state index contributed by atoms with van der Waals surface area (Å²) in [7, 11) is 0. The van der Waals surface area contributed by atoms with Crippen LogP contribution in [0.15, 0.2) is 24.3 Å². The maximum Gasteiger partial charge on any atom is 1.00 e. The van der Waals surface area contributed by atoms with Gasteiger partial charge in [-0.25, -0.2) is 0 Å². The molecule has 3 nitrogen and oxygen atoms in total. The minimum absolute atomic E-state index is 0. The Morgan fingerprint density at radius 3 is 1.81 bits per heavy atom. The van der Waals surface area contributed by atoms with E-state index in [0.717, 1.165) is 18.8 Å². The Hall–Kier alpha value is -0.357. The fraction of sp³-hybridized carbons (Fsp3) is 0.400. The molecule has 1 aromatic carbocycles. The van der Waals surface area contributed by atoms with E-state index < -0.39 is 0 Å². The van der Waals surface area contributed by atoms with Crippen molar-refractivity contribution >= 4 is 11.4 Å². The van der Waals surface area contributed by atoms with Crippen molar-refractivity contribution in [2.24, 2.45) is 0 Å². The Bertz CT molecular complexity index is 307. The van der Waals surface area contributed by atoms with Crippen molar-refractivity contribution in [3.8, 4) is 0 Å². The standard InChI is InChI=1S/C10H14N3.2ClH.Zn/c1-3-13(4-2)10-7-5-9(12-11)6-8-10;;;/h5-8H,3-4H2,1-2H3;2*1H;/q+1;;;+1/p-2. The Morgan fingerprint density at radius 1 is 1.06 bits per heavy atom. The molecule has 0 heterocycles. The van der Waals surface area contributed by atoms with Gasteiger partial charge in [-0.2, -0.15) is 0 Å². The normalized spacial score (nSPS) is 7.56. The summed E-state index contributed by atoms with van der Waals surface area (Å²) >= 11 is 0. The van der Waals surface area contributed by atoms with Gasteiger partial charge in [0.15, 0.2) is 4.98 Å². The summed E-state index contributed by atoms with van der Waals surface area (Å²) in [4.78, 5) is 5.34. The molecule has 0 amide bonds. The molecule has 85 valence electrons. The van der Waals surface area contributed by atoms with Gasteiger partial charge in [-0.3, -0.25) is 0 Å². The van der Waals surface area contributed by atoms with Gasteiger partial charge in [0.2, 0.25) is 5.39 Å². The van der Waals surface area contributed by atoms with E-state index >= 15 is 0 Å². The predicted molar refractivity (Wildman–Crippen MR) is 54.7 cm³/mol. The Morgan fingerprint density at radius 2 is 1.50 bits per heavy atom. The molecule has 6 heteroatoms. The first-order valence-electron chi connectivity index (χ1n) is 4.52. The van der Waals surface area contributed by atoms with Gasteiger partial charge >= 0.3 is 25.2 Å². The van der Waals surface area contributed by atoms with Crippen molar-refractivity contribution in [2.45, 2.75) is 13.8 Å². The van der Waals surface area contributed by atoms with Gasteiger partial charge in [0.1, 0.15) is 0 Å². The second-order valence-electron chi connectivity index (χ2n) is 2.79. The van der Waals surface area contributed by atoms with Crippen LogP contribution in [0.1, 0.15) is 13.8 Å². The molecule has 0 saturated heterocycles. The van der Waals surface area contributed by atoms with Crippen molar-refractivity contribution in [1.82, 2.24) is 0 Å². The molecular weight excluding hydrogens is 298 g/mol. The number of nitrogens with zero attached hydrogens (tertiary/aromatic N) is 3. The average Bonchev–Trinajstić information content (AvgIpc) is 2.21. The average molecular weight is 313 g/mol. The van der Waals surface area contributed by atoms with Crippen molar-refractivity contribution in [3.05, 3.63) is 29.2 Å². The maximum absolute atomic E-state index is 8.49. The number of anilines is 1. The van der Waals surface area contributed by atoms with Crippen LogP contribution in [0.4, 0.5) is 11.4 Å². The number of rotatable bonds is 3. The molecule has 1 rings (SSSR count). The topological polar surface area (TPSA) is 31.4 Å². The summed E-state index contributed by atoms with van der Waals surface area (Å²) in [6.45, 7) is 6.22. The van der Waals surface area contributed by atoms with Crippen LogP contribution in [-0.2, 0) is 19.5 Å². The number of diazo groups is 1. The van der Waals surface area contributed by atoms with Crippen LogP contribution in [-0.4, -0.2) is 13.1 Å². The second kappa shape index (κ2) is 11.1. The van der Waals surface area contributed by atoms with Crippen molar-refractivity contribution in [3.63, 3.8) is 0 Å². The van der Waals surface area contributed by atoms with E-state index in [9.17, 15) is 0 Å². The molecule has 0 aromatic heterocycles. The molecule has 16 heavy (non-hydrogen) atoms. The molecule has 1 radical (unpaired) electrons. The molecular formula is C10H14Cl2N3Zn. The number of hydrogen-bond acceptors (Lipinski definition) is 2. The molecule has 1 aromatic rings. The quantitative estimate of drug-likeness (QED) is 0.441. The van der Waals surface area contributed by atoms with Crippen molar-refractivity contribution < 1.29 is 44.3 Å². The molecule has 0 fully saturated rings. The van der Waals surface area contributed by atoms with Crippen molar-refractivity contribution in [1.29, 1.82) is 5.39 Å². The molecule has 0 unspecified atom stereocenters. The van der Waals surface area contributed by atoms with Crippen LogP contribution >= 0.6 is 0 Å². The van der Waals surface area contributed by atoms with Crippen LogP contribution in [0.5, 0.6) is 0 Å². The second-order valence-corrected chi connectivity index (χ2v) is 2.79. The Balaban J connectivity index is -0.000000563. The largest absolute Gasteiger partial charge is 1.00 e. The summed E-state index contributed by atoms with van der Waals surface area (Å²) in [5, 5.41) is 8.49. The maximum atomic E-state index is 8.49. The van der Waals surface area contributed by atoms with Crippen LogP contribution in [0.2, 0.25) is 0 Å². The zero-order valence-electron chi connectivity index (χ0n) is 9.53. The molecule has 0 saturated carbocycles. The van der Waals surface area contributed by atoms with Gasteiger partial charge in [0.25, 0.3) is 0 Å². The summed E-state index contributed by atoms with van der Waals surface area (Å²) in [5.41, 5.74) is 1.76. The van der Waals surface area contributed by atoms with Gasteiger partial charge in [-0.15, -0.1) is 0 Å². The number of halogens is 2. The van der Waals surface area contributed by atoms with E-state index in [1.807, 2.05) is 12.1 Å². The molecule has 0 N–H and O–H groups in total.